The summed E-state index contributed by atoms with van der Waals surface area (Å²) in [5.74, 6) is 0.0801. The van der Waals surface area contributed by atoms with Gasteiger partial charge in [-0.1, -0.05) is 6.92 Å². The molecule has 4 nitrogen and oxygen atoms in total. The molecule has 0 aromatic rings. The molecule has 0 unspecified atom stereocenters. The summed E-state index contributed by atoms with van der Waals surface area (Å²) in [6.45, 7) is 3.84. The highest BCUT2D eigenvalue weighted by atomic mass is 16.7. The molecule has 1 saturated heterocycles. The quantitative estimate of drug-likeness (QED) is 0.634. The number of carbonyl (C=O) groups excluding carboxylic acids is 1. The summed E-state index contributed by atoms with van der Waals surface area (Å²) in [5, 5.41) is 4.56. The standard InChI is InChI=1S/C9H18N2O2/c1-9(4-6-10-7-5-9)8(12)11(2)13-3/h10H,4-7H2,1-3H3. The first-order valence-corrected chi connectivity index (χ1v) is 4.63. The second-order valence-corrected chi connectivity index (χ2v) is 3.80. The molecule has 4 heteroatoms. The summed E-state index contributed by atoms with van der Waals surface area (Å²) in [6.07, 6.45) is 1.78. The minimum absolute atomic E-state index is 0.0801. The lowest BCUT2D eigenvalue weighted by Crippen LogP contribution is -2.46. The van der Waals surface area contributed by atoms with Gasteiger partial charge in [0.15, 0.2) is 0 Å². The highest BCUT2D eigenvalue weighted by molar-refractivity contribution is 5.81. The zero-order valence-electron chi connectivity index (χ0n) is 8.59. The van der Waals surface area contributed by atoms with Crippen molar-refractivity contribution in [2.24, 2.45) is 5.41 Å². The predicted molar refractivity (Wildman–Crippen MR) is 50.0 cm³/mol. The van der Waals surface area contributed by atoms with Gasteiger partial charge >= 0.3 is 0 Å². The fourth-order valence-electron chi connectivity index (χ4n) is 1.66. The topological polar surface area (TPSA) is 41.6 Å². The zero-order chi connectivity index (χ0) is 9.90. The molecule has 1 rings (SSSR count). The van der Waals surface area contributed by atoms with Crippen molar-refractivity contribution >= 4 is 5.91 Å². The Kier molecular flexibility index (Phi) is 3.27. The lowest BCUT2D eigenvalue weighted by molar-refractivity contribution is -0.180. The smallest absolute Gasteiger partial charge is 0.251 e. The SMILES string of the molecule is CON(C)C(=O)C1(C)CCNCC1. The van der Waals surface area contributed by atoms with Crippen LogP contribution in [0.1, 0.15) is 19.8 Å². The first-order valence-electron chi connectivity index (χ1n) is 4.63. The predicted octanol–water partition coefficient (Wildman–Crippen LogP) is 0.396. The maximum absolute atomic E-state index is 11.8. The van der Waals surface area contributed by atoms with Gasteiger partial charge in [-0.15, -0.1) is 0 Å². The molecule has 1 amide bonds. The fourth-order valence-corrected chi connectivity index (χ4v) is 1.66. The van der Waals surface area contributed by atoms with Crippen LogP contribution in [0.2, 0.25) is 0 Å². The highest BCUT2D eigenvalue weighted by Gasteiger charge is 2.36. The van der Waals surface area contributed by atoms with Crippen molar-refractivity contribution in [1.29, 1.82) is 0 Å². The van der Waals surface area contributed by atoms with Crippen molar-refractivity contribution < 1.29 is 9.63 Å². The molecule has 0 aliphatic carbocycles. The monoisotopic (exact) mass is 186 g/mol. The normalized spacial score (nSPS) is 21.2. The van der Waals surface area contributed by atoms with E-state index in [9.17, 15) is 4.79 Å². The molecule has 0 atom stereocenters. The minimum Gasteiger partial charge on any atom is -0.317 e. The van der Waals surface area contributed by atoms with Gasteiger partial charge in [-0.2, -0.15) is 0 Å². The molecule has 0 aromatic heterocycles. The van der Waals surface area contributed by atoms with Crippen LogP contribution in [-0.2, 0) is 9.63 Å². The minimum atomic E-state index is -0.240. The van der Waals surface area contributed by atoms with Crippen LogP contribution in [0.3, 0.4) is 0 Å². The summed E-state index contributed by atoms with van der Waals surface area (Å²) >= 11 is 0. The summed E-state index contributed by atoms with van der Waals surface area (Å²) in [4.78, 5) is 16.7. The van der Waals surface area contributed by atoms with Gasteiger partial charge in [0.05, 0.1) is 12.5 Å². The first kappa shape index (κ1) is 10.5. The molecule has 1 fully saturated rings. The van der Waals surface area contributed by atoms with Crippen molar-refractivity contribution in [2.45, 2.75) is 19.8 Å². The molecule has 1 aliphatic rings. The Morgan fingerprint density at radius 1 is 1.46 bits per heavy atom. The number of nitrogens with one attached hydrogen (secondary N) is 1. The van der Waals surface area contributed by atoms with E-state index in [1.165, 1.54) is 12.2 Å². The average Bonchev–Trinajstić information content (AvgIpc) is 2.16. The van der Waals surface area contributed by atoms with E-state index in [0.717, 1.165) is 25.9 Å². The van der Waals surface area contributed by atoms with Gasteiger partial charge in [-0.3, -0.25) is 9.63 Å². The van der Waals surface area contributed by atoms with Crippen LogP contribution < -0.4 is 5.32 Å². The van der Waals surface area contributed by atoms with E-state index < -0.39 is 0 Å². The van der Waals surface area contributed by atoms with E-state index >= 15 is 0 Å². The molecule has 0 aromatic carbocycles. The Balaban J connectivity index is 2.61. The second-order valence-electron chi connectivity index (χ2n) is 3.80. The van der Waals surface area contributed by atoms with Gasteiger partial charge in [0, 0.05) is 7.05 Å². The Bertz CT molecular complexity index is 188. The zero-order valence-corrected chi connectivity index (χ0v) is 8.59. The van der Waals surface area contributed by atoms with Crippen LogP contribution in [0.5, 0.6) is 0 Å². The number of hydrogen-bond acceptors (Lipinski definition) is 3. The lowest BCUT2D eigenvalue weighted by Gasteiger charge is -2.34. The largest absolute Gasteiger partial charge is 0.317 e. The van der Waals surface area contributed by atoms with Crippen molar-refractivity contribution in [3.8, 4) is 0 Å². The number of amides is 1. The molecule has 76 valence electrons. The van der Waals surface area contributed by atoms with Crippen molar-refractivity contribution in [3.63, 3.8) is 0 Å². The number of hydrogen-bond donors (Lipinski definition) is 1. The van der Waals surface area contributed by atoms with Crippen LogP contribution in [0, 0.1) is 5.41 Å². The highest BCUT2D eigenvalue weighted by Crippen LogP contribution is 2.29. The number of nitrogens with zero attached hydrogens (tertiary/aromatic N) is 1. The van der Waals surface area contributed by atoms with Crippen molar-refractivity contribution in [2.75, 3.05) is 27.2 Å². The second kappa shape index (κ2) is 4.07. The number of piperidine rings is 1. The van der Waals surface area contributed by atoms with E-state index in [1.54, 1.807) is 7.05 Å². The van der Waals surface area contributed by atoms with Crippen LogP contribution >= 0.6 is 0 Å². The molecule has 0 bridgehead atoms. The van der Waals surface area contributed by atoms with E-state index in [4.69, 9.17) is 4.84 Å². The molecule has 0 radical (unpaired) electrons. The van der Waals surface area contributed by atoms with E-state index in [1.807, 2.05) is 6.92 Å². The molecular weight excluding hydrogens is 168 g/mol. The van der Waals surface area contributed by atoms with Crippen molar-refractivity contribution in [1.82, 2.24) is 10.4 Å². The third-order valence-electron chi connectivity index (χ3n) is 2.78. The Morgan fingerprint density at radius 3 is 2.46 bits per heavy atom. The first-order chi connectivity index (χ1) is 6.10. The van der Waals surface area contributed by atoms with Gasteiger partial charge in [-0.25, -0.2) is 5.06 Å². The Morgan fingerprint density at radius 2 is 2.00 bits per heavy atom. The third kappa shape index (κ3) is 2.19. The summed E-state index contributed by atoms with van der Waals surface area (Å²) in [6, 6.07) is 0. The number of carbonyl (C=O) groups is 1. The fraction of sp³-hybridized carbons (Fsp3) is 0.889. The molecule has 1 N–H and O–H groups in total. The maximum atomic E-state index is 11.8. The Labute approximate surface area is 79.2 Å². The average molecular weight is 186 g/mol. The van der Waals surface area contributed by atoms with Gasteiger partial charge in [0.1, 0.15) is 0 Å². The summed E-state index contributed by atoms with van der Waals surface area (Å²) in [5.41, 5.74) is -0.240. The van der Waals surface area contributed by atoms with Crippen LogP contribution in [0.15, 0.2) is 0 Å². The van der Waals surface area contributed by atoms with Gasteiger partial charge in [0.25, 0.3) is 5.91 Å². The lowest BCUT2D eigenvalue weighted by atomic mass is 9.80. The van der Waals surface area contributed by atoms with Gasteiger partial charge in [0.2, 0.25) is 0 Å². The molecule has 1 aliphatic heterocycles. The number of rotatable bonds is 2. The van der Waals surface area contributed by atoms with E-state index in [0.29, 0.717) is 0 Å². The van der Waals surface area contributed by atoms with Crippen LogP contribution in [0.4, 0.5) is 0 Å². The molecule has 1 heterocycles. The van der Waals surface area contributed by atoms with E-state index in [2.05, 4.69) is 5.32 Å². The summed E-state index contributed by atoms with van der Waals surface area (Å²) in [7, 11) is 3.18. The third-order valence-corrected chi connectivity index (χ3v) is 2.78. The van der Waals surface area contributed by atoms with Crippen LogP contribution in [-0.4, -0.2) is 38.2 Å². The maximum Gasteiger partial charge on any atom is 0.251 e. The van der Waals surface area contributed by atoms with Gasteiger partial charge in [-0.05, 0) is 25.9 Å². The molecule has 13 heavy (non-hydrogen) atoms. The van der Waals surface area contributed by atoms with Crippen molar-refractivity contribution in [3.05, 3.63) is 0 Å². The summed E-state index contributed by atoms with van der Waals surface area (Å²) < 4.78 is 0. The van der Waals surface area contributed by atoms with Crippen LogP contribution in [0.25, 0.3) is 0 Å². The number of hydroxylamine groups is 2. The van der Waals surface area contributed by atoms with E-state index in [-0.39, 0.29) is 11.3 Å². The Hall–Kier alpha value is -0.610. The molecule has 0 saturated carbocycles. The molecular formula is C9H18N2O2. The van der Waals surface area contributed by atoms with Gasteiger partial charge < -0.3 is 5.32 Å². The molecule has 0 spiro atoms.